The molecule has 0 radical (unpaired) electrons. The van der Waals surface area contributed by atoms with Gasteiger partial charge >= 0.3 is 0 Å². The van der Waals surface area contributed by atoms with Crippen molar-refractivity contribution in [1.29, 1.82) is 0 Å². The predicted octanol–water partition coefficient (Wildman–Crippen LogP) is 3.52. The molecule has 3 nitrogen and oxygen atoms in total. The van der Waals surface area contributed by atoms with Crippen LogP contribution in [0.15, 0.2) is 18.2 Å². The number of nitrogens with one attached hydrogen (secondary N) is 2. The maximum Gasteiger partial charge on any atom is 0.255 e. The zero-order valence-corrected chi connectivity index (χ0v) is 13.6. The number of piperidine rings is 1. The maximum absolute atomic E-state index is 13.8. The Labute approximate surface area is 130 Å². The first kappa shape index (κ1) is 16.2. The molecular formula is C16H22ClFN2O. The van der Waals surface area contributed by atoms with Crippen molar-refractivity contribution in [1.82, 2.24) is 10.6 Å². The fourth-order valence-corrected chi connectivity index (χ4v) is 3.65. The molecule has 21 heavy (non-hydrogen) atoms. The van der Waals surface area contributed by atoms with Crippen LogP contribution in [0, 0.1) is 5.82 Å². The second kappa shape index (κ2) is 5.58. The Bertz CT molecular complexity index is 521. The van der Waals surface area contributed by atoms with E-state index in [0.29, 0.717) is 0 Å². The number of benzene rings is 1. The van der Waals surface area contributed by atoms with Gasteiger partial charge in [0.05, 0.1) is 10.6 Å². The van der Waals surface area contributed by atoms with Gasteiger partial charge in [-0.1, -0.05) is 17.7 Å². The Morgan fingerprint density at radius 1 is 1.29 bits per heavy atom. The number of carbonyl (C=O) groups excluding carboxylic acids is 1. The van der Waals surface area contributed by atoms with Gasteiger partial charge in [-0.05, 0) is 52.7 Å². The molecule has 2 rings (SSSR count). The maximum atomic E-state index is 13.8. The molecule has 0 atom stereocenters. The van der Waals surface area contributed by atoms with Crippen molar-refractivity contribution >= 4 is 17.5 Å². The fraction of sp³-hybridized carbons (Fsp3) is 0.562. The van der Waals surface area contributed by atoms with Crippen molar-refractivity contribution < 1.29 is 9.18 Å². The lowest BCUT2D eigenvalue weighted by Crippen LogP contribution is -2.62. The summed E-state index contributed by atoms with van der Waals surface area (Å²) in [7, 11) is 0. The Balaban J connectivity index is 2.16. The van der Waals surface area contributed by atoms with Gasteiger partial charge < -0.3 is 10.6 Å². The summed E-state index contributed by atoms with van der Waals surface area (Å²) in [6.07, 6.45) is 1.57. The van der Waals surface area contributed by atoms with Gasteiger partial charge in [-0.25, -0.2) is 4.39 Å². The summed E-state index contributed by atoms with van der Waals surface area (Å²) in [5.74, 6) is -1.04. The van der Waals surface area contributed by atoms with E-state index in [9.17, 15) is 9.18 Å². The van der Waals surface area contributed by atoms with Crippen LogP contribution in [0.25, 0.3) is 0 Å². The van der Waals surface area contributed by atoms with E-state index < -0.39 is 11.7 Å². The first-order valence-electron chi connectivity index (χ1n) is 7.14. The van der Waals surface area contributed by atoms with Crippen LogP contribution in [-0.4, -0.2) is 23.0 Å². The van der Waals surface area contributed by atoms with E-state index in [4.69, 9.17) is 11.6 Å². The first-order chi connectivity index (χ1) is 9.60. The Hall–Kier alpha value is -1.13. The van der Waals surface area contributed by atoms with Crippen LogP contribution in [0.3, 0.4) is 0 Å². The zero-order valence-electron chi connectivity index (χ0n) is 12.9. The van der Waals surface area contributed by atoms with E-state index in [1.54, 1.807) is 0 Å². The van der Waals surface area contributed by atoms with E-state index in [-0.39, 0.29) is 27.7 Å². The van der Waals surface area contributed by atoms with Gasteiger partial charge in [0, 0.05) is 17.1 Å². The largest absolute Gasteiger partial charge is 0.349 e. The highest BCUT2D eigenvalue weighted by Crippen LogP contribution is 2.29. The van der Waals surface area contributed by atoms with Crippen molar-refractivity contribution in [2.24, 2.45) is 0 Å². The van der Waals surface area contributed by atoms with Crippen molar-refractivity contribution in [2.75, 3.05) is 0 Å². The molecule has 0 saturated carbocycles. The molecular weight excluding hydrogens is 291 g/mol. The number of hydrogen-bond donors (Lipinski definition) is 2. The third-order valence-electron chi connectivity index (χ3n) is 3.72. The minimum absolute atomic E-state index is 0.0144. The van der Waals surface area contributed by atoms with Gasteiger partial charge in [0.2, 0.25) is 0 Å². The zero-order chi connectivity index (χ0) is 15.8. The number of halogens is 2. The fourth-order valence-electron chi connectivity index (χ4n) is 3.40. The molecule has 5 heteroatoms. The Kier molecular flexibility index (Phi) is 4.31. The van der Waals surface area contributed by atoms with Crippen LogP contribution < -0.4 is 10.6 Å². The van der Waals surface area contributed by atoms with Gasteiger partial charge in [-0.2, -0.15) is 0 Å². The standard InChI is InChI=1S/C16H22ClFN2O/c1-15(2)8-10(9-16(3,4)20-15)19-14(21)13-11(17)6-5-7-12(13)18/h5-7,10,20H,8-9H2,1-4H3,(H,19,21). The summed E-state index contributed by atoms with van der Waals surface area (Å²) in [6, 6.07) is 4.25. The molecule has 1 heterocycles. The van der Waals surface area contributed by atoms with Gasteiger partial charge in [-0.3, -0.25) is 4.79 Å². The minimum atomic E-state index is -0.590. The number of amides is 1. The Morgan fingerprint density at radius 3 is 2.38 bits per heavy atom. The first-order valence-corrected chi connectivity index (χ1v) is 7.52. The van der Waals surface area contributed by atoms with Crippen LogP contribution in [0.5, 0.6) is 0 Å². The van der Waals surface area contributed by atoms with Crippen LogP contribution in [0.1, 0.15) is 50.9 Å². The molecule has 2 N–H and O–H groups in total. The molecule has 0 spiro atoms. The summed E-state index contributed by atoms with van der Waals surface area (Å²) < 4.78 is 13.8. The second-order valence-corrected chi connectivity index (χ2v) is 7.48. The minimum Gasteiger partial charge on any atom is -0.349 e. The van der Waals surface area contributed by atoms with E-state index in [1.807, 2.05) is 0 Å². The third-order valence-corrected chi connectivity index (χ3v) is 4.03. The molecule has 1 aliphatic rings. The van der Waals surface area contributed by atoms with Gasteiger partial charge in [-0.15, -0.1) is 0 Å². The molecule has 1 aromatic carbocycles. The van der Waals surface area contributed by atoms with E-state index in [2.05, 4.69) is 38.3 Å². The average molecular weight is 313 g/mol. The number of carbonyl (C=O) groups is 1. The van der Waals surface area contributed by atoms with E-state index in [1.165, 1.54) is 18.2 Å². The number of hydrogen-bond acceptors (Lipinski definition) is 2. The normalized spacial score (nSPS) is 21.0. The predicted molar refractivity (Wildman–Crippen MR) is 83.2 cm³/mol. The lowest BCUT2D eigenvalue weighted by Gasteiger charge is -2.46. The lowest BCUT2D eigenvalue weighted by atomic mass is 9.79. The van der Waals surface area contributed by atoms with Gasteiger partial charge in [0.1, 0.15) is 5.82 Å². The van der Waals surface area contributed by atoms with Crippen LogP contribution in [0.4, 0.5) is 4.39 Å². The molecule has 116 valence electrons. The highest BCUT2D eigenvalue weighted by atomic mass is 35.5. The molecule has 1 aliphatic heterocycles. The van der Waals surface area contributed by atoms with Crippen molar-refractivity contribution in [3.8, 4) is 0 Å². The molecule has 0 aromatic heterocycles. The van der Waals surface area contributed by atoms with Crippen LogP contribution in [-0.2, 0) is 0 Å². The number of rotatable bonds is 2. The quantitative estimate of drug-likeness (QED) is 0.877. The SMILES string of the molecule is CC1(C)CC(NC(=O)c2c(F)cccc2Cl)CC(C)(C)N1. The molecule has 0 unspecified atom stereocenters. The van der Waals surface area contributed by atoms with Crippen molar-refractivity contribution in [2.45, 2.75) is 57.7 Å². The second-order valence-electron chi connectivity index (χ2n) is 7.07. The van der Waals surface area contributed by atoms with Crippen molar-refractivity contribution in [3.63, 3.8) is 0 Å². The molecule has 0 bridgehead atoms. The van der Waals surface area contributed by atoms with Crippen molar-refractivity contribution in [3.05, 3.63) is 34.6 Å². The summed E-state index contributed by atoms with van der Waals surface area (Å²) in [4.78, 5) is 12.3. The highest BCUT2D eigenvalue weighted by molar-refractivity contribution is 6.33. The topological polar surface area (TPSA) is 41.1 Å². The van der Waals surface area contributed by atoms with Crippen LogP contribution in [0.2, 0.25) is 5.02 Å². The molecule has 1 amide bonds. The third kappa shape index (κ3) is 3.95. The van der Waals surface area contributed by atoms with Crippen LogP contribution >= 0.6 is 11.6 Å². The summed E-state index contributed by atoms with van der Waals surface area (Å²) in [5.41, 5.74) is -0.245. The van der Waals surface area contributed by atoms with Gasteiger partial charge in [0.15, 0.2) is 0 Å². The smallest absolute Gasteiger partial charge is 0.255 e. The summed E-state index contributed by atoms with van der Waals surface area (Å²) in [5, 5.41) is 6.61. The Morgan fingerprint density at radius 2 is 1.86 bits per heavy atom. The summed E-state index contributed by atoms with van der Waals surface area (Å²) >= 11 is 5.94. The average Bonchev–Trinajstić information content (AvgIpc) is 2.23. The molecule has 1 aromatic rings. The molecule has 0 aliphatic carbocycles. The van der Waals surface area contributed by atoms with E-state index in [0.717, 1.165) is 12.8 Å². The highest BCUT2D eigenvalue weighted by Gasteiger charge is 2.38. The van der Waals surface area contributed by atoms with Gasteiger partial charge in [0.25, 0.3) is 5.91 Å². The van der Waals surface area contributed by atoms with E-state index >= 15 is 0 Å². The monoisotopic (exact) mass is 312 g/mol. The molecule has 1 fully saturated rings. The lowest BCUT2D eigenvalue weighted by molar-refractivity contribution is 0.0869. The summed E-state index contributed by atoms with van der Waals surface area (Å²) in [6.45, 7) is 8.40. The molecule has 1 saturated heterocycles.